The number of nitrogens with one attached hydrogen (secondary N) is 3. The Morgan fingerprint density at radius 2 is 0.691 bits per heavy atom. The molecule has 3 fully saturated rings. The number of nitrogens with zero attached hydrogens (tertiary/aromatic N) is 3. The van der Waals surface area contributed by atoms with Crippen LogP contribution >= 0.6 is 34.0 Å². The Morgan fingerprint density at radius 3 is 0.887 bits per heavy atom. The maximum Gasteiger partial charge on any atom is 0.243 e. The number of carboxylic acid groups (broad SMARTS) is 3. The monoisotopic (exact) mass is 1400 g/mol. The molecule has 0 aliphatic carbocycles. The fourth-order valence-electron chi connectivity index (χ4n) is 12.8. The van der Waals surface area contributed by atoms with E-state index in [1.165, 1.54) is 14.6 Å². The Hall–Kier alpha value is -6.82. The number of hydrogen-bond acceptors (Lipinski definition) is 19. The number of benzene rings is 3. The van der Waals surface area contributed by atoms with Crippen molar-refractivity contribution >= 4 is 69.6 Å². The first-order valence-corrected chi connectivity index (χ1v) is 35.6. The van der Waals surface area contributed by atoms with Crippen molar-refractivity contribution in [3.05, 3.63) is 175 Å². The summed E-state index contributed by atoms with van der Waals surface area (Å²) >= 11 is 5.48. The first-order chi connectivity index (χ1) is 46.7. The molecular weight excluding hydrogens is 1300 g/mol. The Balaban J connectivity index is 0.000000211. The molecule has 530 valence electrons. The number of carboxylic acids is 3. The second-order valence-corrected chi connectivity index (χ2v) is 28.2. The minimum absolute atomic E-state index is 0.0602. The standard InChI is InChI=1S/3C22H30N2O3S.C6H8O7/c3*1-19(25)24(27-17-20-7-4-3-5-8-20)22(18-26-2)11-14-23(15-12-22)13-10-21-9-6-16-28-21;7-3(8)1-6(13,5(11)12)2-4(9)10/h3*3-9,16H,10-15,17-18H2,1-2H3;13H,1-2H2,(H,7,8)(H,9,10)(H,11,12). The SMILES string of the molecule is COCC1(N(OCc2ccccc2)C(C)=O)CC[NH+](CCc2cccs2)CC1.COCC1(N(OCc2ccccc2)C(C)=O)CC[NH+](CCc2cccs2)CC1.COCC1(N(OCc2ccccc2)C(C)=O)CC[NH+](CCc2cccs2)CC1.O=C([O-])CC(O)(CC(=O)[O-])C(=O)[O-]. The van der Waals surface area contributed by atoms with Crippen molar-refractivity contribution in [1.29, 1.82) is 0 Å². The fourth-order valence-corrected chi connectivity index (χ4v) is 14.9. The molecule has 3 saturated heterocycles. The van der Waals surface area contributed by atoms with Crippen LogP contribution in [0.2, 0.25) is 0 Å². The lowest BCUT2D eigenvalue weighted by Gasteiger charge is -2.45. The summed E-state index contributed by atoms with van der Waals surface area (Å²) in [4.78, 5) is 94.5. The van der Waals surface area contributed by atoms with Gasteiger partial charge in [-0.25, -0.2) is 15.2 Å². The summed E-state index contributed by atoms with van der Waals surface area (Å²) in [5, 5.41) is 50.1. The summed E-state index contributed by atoms with van der Waals surface area (Å²) < 4.78 is 16.6. The van der Waals surface area contributed by atoms with Crippen molar-refractivity contribution in [3.8, 4) is 0 Å². The molecule has 3 amide bonds. The maximum atomic E-state index is 12.4. The van der Waals surface area contributed by atoms with Gasteiger partial charge >= 0.3 is 0 Å². The molecule has 9 rings (SSSR count). The van der Waals surface area contributed by atoms with E-state index in [2.05, 4.69) is 52.5 Å². The molecule has 97 heavy (non-hydrogen) atoms. The molecule has 0 unspecified atom stereocenters. The van der Waals surface area contributed by atoms with Gasteiger partial charge in [0.2, 0.25) is 17.7 Å². The normalized spacial score (nSPS) is 20.6. The van der Waals surface area contributed by atoms with Crippen LogP contribution in [-0.2, 0) is 96.6 Å². The van der Waals surface area contributed by atoms with Crippen molar-refractivity contribution in [1.82, 2.24) is 15.2 Å². The lowest BCUT2D eigenvalue weighted by atomic mass is 9.87. The molecule has 6 aromatic rings. The molecule has 0 atom stereocenters. The number of thiophene rings is 3. The van der Waals surface area contributed by atoms with E-state index in [0.29, 0.717) is 39.6 Å². The molecule has 3 aromatic heterocycles. The van der Waals surface area contributed by atoms with E-state index in [-0.39, 0.29) is 34.3 Å². The lowest BCUT2D eigenvalue weighted by molar-refractivity contribution is -0.907. The van der Waals surface area contributed by atoms with Crippen LogP contribution in [0.15, 0.2) is 144 Å². The van der Waals surface area contributed by atoms with Gasteiger partial charge in [0.05, 0.1) is 84.7 Å². The molecule has 25 heteroatoms. The number of hydroxylamine groups is 6. The van der Waals surface area contributed by atoms with Crippen LogP contribution in [0.25, 0.3) is 0 Å². The fraction of sp³-hybridized carbons (Fsp3) is 0.500. The van der Waals surface area contributed by atoms with Gasteiger partial charge in [-0.05, 0) is 51.0 Å². The van der Waals surface area contributed by atoms with E-state index in [0.717, 1.165) is 133 Å². The van der Waals surface area contributed by atoms with E-state index in [9.17, 15) is 44.1 Å². The van der Waals surface area contributed by atoms with Crippen molar-refractivity contribution in [3.63, 3.8) is 0 Å². The number of carbonyl (C=O) groups is 6. The zero-order chi connectivity index (χ0) is 70.1. The average Bonchev–Trinajstić information content (AvgIpc) is 1.13. The summed E-state index contributed by atoms with van der Waals surface area (Å²) in [6.45, 7) is 16.9. The molecule has 3 aliphatic rings. The number of quaternary nitrogens is 3. The summed E-state index contributed by atoms with van der Waals surface area (Å²) in [6, 6.07) is 42.9. The van der Waals surface area contributed by atoms with E-state index in [4.69, 9.17) is 33.8 Å². The highest BCUT2D eigenvalue weighted by Gasteiger charge is 2.47. The number of ether oxygens (including phenoxy) is 3. The molecular formula is C72H98N6O16S3. The summed E-state index contributed by atoms with van der Waals surface area (Å²) in [5.41, 5.74) is -0.968. The van der Waals surface area contributed by atoms with Gasteiger partial charge in [-0.2, -0.15) is 0 Å². The van der Waals surface area contributed by atoms with Crippen LogP contribution in [-0.4, -0.2) is 178 Å². The third-order valence-corrected chi connectivity index (χ3v) is 20.6. The molecule has 0 bridgehead atoms. The number of likely N-dealkylation sites (tertiary alicyclic amines) is 3. The number of rotatable bonds is 32. The van der Waals surface area contributed by atoms with Gasteiger partial charge in [-0.15, -0.1) is 34.0 Å². The Morgan fingerprint density at radius 1 is 0.433 bits per heavy atom. The molecule has 0 radical (unpaired) electrons. The largest absolute Gasteiger partial charge is 0.550 e. The highest BCUT2D eigenvalue weighted by molar-refractivity contribution is 7.10. The number of amides is 3. The molecule has 3 aromatic carbocycles. The number of piperidine rings is 3. The van der Waals surface area contributed by atoms with Crippen LogP contribution in [0.4, 0.5) is 0 Å². The number of hydrogen-bond donors (Lipinski definition) is 4. The van der Waals surface area contributed by atoms with Gasteiger partial charge in [0.1, 0.15) is 42.0 Å². The molecule has 0 saturated carbocycles. The first-order valence-electron chi connectivity index (χ1n) is 33.0. The molecule has 0 spiro atoms. The molecule has 3 aliphatic heterocycles. The molecule has 4 N–H and O–H groups in total. The van der Waals surface area contributed by atoms with Crippen LogP contribution < -0.4 is 30.0 Å². The lowest BCUT2D eigenvalue weighted by Crippen LogP contribution is -3.14. The number of aliphatic hydroxyl groups is 1. The van der Waals surface area contributed by atoms with E-state index in [1.807, 2.05) is 125 Å². The third-order valence-electron chi connectivity index (χ3n) is 17.8. The topological polar surface area (TPSA) is 270 Å². The van der Waals surface area contributed by atoms with E-state index < -0.39 is 36.4 Å². The van der Waals surface area contributed by atoms with Crippen LogP contribution in [0, 0.1) is 0 Å². The van der Waals surface area contributed by atoms with Crippen molar-refractivity contribution in [2.24, 2.45) is 0 Å². The second-order valence-electron chi connectivity index (χ2n) is 25.1. The van der Waals surface area contributed by atoms with Crippen molar-refractivity contribution in [2.45, 2.75) is 133 Å². The Kier molecular flexibility index (Phi) is 33.4. The van der Waals surface area contributed by atoms with Gasteiger partial charge in [0, 0.05) is 139 Å². The smallest absolute Gasteiger partial charge is 0.243 e. The van der Waals surface area contributed by atoms with Gasteiger partial charge in [0.15, 0.2) is 0 Å². The van der Waals surface area contributed by atoms with Crippen LogP contribution in [0.1, 0.15) is 103 Å². The summed E-state index contributed by atoms with van der Waals surface area (Å²) in [5.74, 6) is -6.16. The zero-order valence-electron chi connectivity index (χ0n) is 56.9. The second kappa shape index (κ2) is 40.9. The van der Waals surface area contributed by atoms with Gasteiger partial charge in [-0.1, -0.05) is 109 Å². The molecule has 6 heterocycles. The van der Waals surface area contributed by atoms with Gasteiger partial charge in [0.25, 0.3) is 0 Å². The predicted molar refractivity (Wildman–Crippen MR) is 363 cm³/mol. The van der Waals surface area contributed by atoms with Crippen molar-refractivity contribution in [2.75, 3.05) is 100 Å². The van der Waals surface area contributed by atoms with Crippen LogP contribution in [0.5, 0.6) is 0 Å². The highest BCUT2D eigenvalue weighted by atomic mass is 32.1. The molecule has 22 nitrogen and oxygen atoms in total. The quantitative estimate of drug-likeness (QED) is 0.0438. The number of aliphatic carboxylic acids is 3. The first kappa shape index (κ1) is 79.2. The van der Waals surface area contributed by atoms with Crippen LogP contribution in [0.3, 0.4) is 0 Å². The predicted octanol–water partition coefficient (Wildman–Crippen LogP) is 1.75. The Labute approximate surface area is 582 Å². The maximum absolute atomic E-state index is 12.4. The summed E-state index contributed by atoms with van der Waals surface area (Å²) in [6.07, 6.45) is 5.94. The van der Waals surface area contributed by atoms with Crippen molar-refractivity contribution < 1.29 is 92.6 Å². The summed E-state index contributed by atoms with van der Waals surface area (Å²) in [7, 11) is 5.11. The highest BCUT2D eigenvalue weighted by Crippen LogP contribution is 2.31. The minimum Gasteiger partial charge on any atom is -0.550 e. The number of carbonyl (C=O) groups excluding carboxylic acids is 6. The van der Waals surface area contributed by atoms with Gasteiger partial charge < -0.3 is 63.7 Å². The minimum atomic E-state index is -2.97. The number of methoxy groups -OCH3 is 3. The van der Waals surface area contributed by atoms with E-state index in [1.54, 1.807) is 72.0 Å². The average molecular weight is 1400 g/mol. The van der Waals surface area contributed by atoms with E-state index >= 15 is 0 Å². The third kappa shape index (κ3) is 25.8. The van der Waals surface area contributed by atoms with Gasteiger partial charge in [-0.3, -0.25) is 28.9 Å². The zero-order valence-corrected chi connectivity index (χ0v) is 59.3. The Bertz CT molecular complexity index is 2900.